The molecule has 0 atom stereocenters. The van der Waals surface area contributed by atoms with E-state index in [2.05, 4.69) is 49.4 Å². The molecule has 1 heterocycles. The molecule has 0 saturated heterocycles. The second-order valence-corrected chi connectivity index (χ2v) is 8.57. The molecule has 0 unspecified atom stereocenters. The molecule has 0 aliphatic carbocycles. The number of hydrogen-bond donors (Lipinski definition) is 0. The van der Waals surface area contributed by atoms with Gasteiger partial charge in [-0.1, -0.05) is 81.8 Å². The average molecular weight is 379 g/mol. The lowest BCUT2D eigenvalue weighted by atomic mass is 10.0. The first-order valence-corrected chi connectivity index (χ1v) is 11.1. The van der Waals surface area contributed by atoms with Crippen LogP contribution >= 0.6 is 11.3 Å². The molecule has 3 rings (SSSR count). The first-order valence-electron chi connectivity index (χ1n) is 10.3. The fourth-order valence-corrected chi connectivity index (χ4v) is 4.53. The van der Waals surface area contributed by atoms with Crippen molar-refractivity contribution in [3.63, 3.8) is 0 Å². The van der Waals surface area contributed by atoms with Crippen LogP contribution < -0.4 is 0 Å². The normalized spacial score (nSPS) is 11.2. The summed E-state index contributed by atoms with van der Waals surface area (Å²) in [5.41, 5.74) is 3.91. The van der Waals surface area contributed by atoms with Crippen molar-refractivity contribution in [2.24, 2.45) is 0 Å². The molecule has 1 nitrogen and oxygen atoms in total. The molecule has 142 valence electrons. The minimum Gasteiger partial charge on any atom is -0.294 e. The van der Waals surface area contributed by atoms with E-state index in [4.69, 9.17) is 0 Å². The molecule has 0 amide bonds. The molecule has 1 aromatic heterocycles. The zero-order valence-electron chi connectivity index (χ0n) is 16.6. The van der Waals surface area contributed by atoms with E-state index in [1.165, 1.54) is 72.8 Å². The Kier molecular flexibility index (Phi) is 7.23. The standard InChI is InChI=1S/C25H30OS/c1-3-4-5-6-7-8-9-10-20-11-13-21(14-12-20)22-15-16-23-18-24(19(2)26)27-25(23)17-22/h11-18H,3-10H2,1-2H3. The number of benzene rings is 2. The largest absolute Gasteiger partial charge is 0.294 e. The van der Waals surface area contributed by atoms with E-state index in [1.807, 2.05) is 6.07 Å². The summed E-state index contributed by atoms with van der Waals surface area (Å²) in [6, 6.07) is 17.5. The molecule has 0 bridgehead atoms. The average Bonchev–Trinajstić information content (AvgIpc) is 3.11. The summed E-state index contributed by atoms with van der Waals surface area (Å²) in [4.78, 5) is 12.4. The highest BCUT2D eigenvalue weighted by Gasteiger charge is 2.07. The van der Waals surface area contributed by atoms with Crippen molar-refractivity contribution in [1.82, 2.24) is 0 Å². The van der Waals surface area contributed by atoms with Gasteiger partial charge in [0.15, 0.2) is 5.78 Å². The molecule has 0 spiro atoms. The quantitative estimate of drug-likeness (QED) is 0.257. The number of carbonyl (C=O) groups excluding carboxylic acids is 1. The topological polar surface area (TPSA) is 17.1 Å². The SMILES string of the molecule is CCCCCCCCCc1ccc(-c2ccc3cc(C(C)=O)sc3c2)cc1. The highest BCUT2D eigenvalue weighted by atomic mass is 32.1. The van der Waals surface area contributed by atoms with E-state index in [0.717, 1.165) is 10.3 Å². The molecule has 3 aromatic rings. The molecule has 0 aliphatic heterocycles. The Bertz CT molecular complexity index is 873. The van der Waals surface area contributed by atoms with Gasteiger partial charge in [-0.15, -0.1) is 11.3 Å². The predicted octanol–water partition coefficient (Wildman–Crippen LogP) is 8.06. The first kappa shape index (κ1) is 19.8. The smallest absolute Gasteiger partial charge is 0.169 e. The molecular formula is C25H30OS. The summed E-state index contributed by atoms with van der Waals surface area (Å²) in [6.45, 7) is 3.90. The van der Waals surface area contributed by atoms with E-state index in [1.54, 1.807) is 18.3 Å². The van der Waals surface area contributed by atoms with Crippen molar-refractivity contribution in [1.29, 1.82) is 0 Å². The number of fused-ring (bicyclic) bond motifs is 1. The van der Waals surface area contributed by atoms with Crippen molar-refractivity contribution >= 4 is 27.2 Å². The third kappa shape index (κ3) is 5.52. The van der Waals surface area contributed by atoms with E-state index in [9.17, 15) is 4.79 Å². The van der Waals surface area contributed by atoms with Gasteiger partial charge in [-0.25, -0.2) is 0 Å². The Morgan fingerprint density at radius 3 is 2.19 bits per heavy atom. The van der Waals surface area contributed by atoms with Gasteiger partial charge in [0.2, 0.25) is 0 Å². The van der Waals surface area contributed by atoms with Gasteiger partial charge in [0, 0.05) is 4.70 Å². The minimum atomic E-state index is 0.146. The Morgan fingerprint density at radius 2 is 1.48 bits per heavy atom. The maximum Gasteiger partial charge on any atom is 0.169 e. The zero-order valence-corrected chi connectivity index (χ0v) is 17.4. The number of ketones is 1. The minimum absolute atomic E-state index is 0.146. The van der Waals surface area contributed by atoms with Gasteiger partial charge in [0.05, 0.1) is 4.88 Å². The van der Waals surface area contributed by atoms with Crippen LogP contribution in [0.25, 0.3) is 21.2 Å². The summed E-state index contributed by atoms with van der Waals surface area (Å²) in [5, 5.41) is 1.16. The van der Waals surface area contributed by atoms with Crippen LogP contribution in [-0.2, 0) is 6.42 Å². The molecule has 0 aliphatic rings. The molecule has 0 fully saturated rings. The fraction of sp³-hybridized carbons (Fsp3) is 0.400. The number of Topliss-reactive ketones (excluding diaryl/α,β-unsaturated/α-hetero) is 1. The van der Waals surface area contributed by atoms with Crippen LogP contribution in [-0.4, -0.2) is 5.78 Å². The summed E-state index contributed by atoms with van der Waals surface area (Å²) >= 11 is 1.59. The van der Waals surface area contributed by atoms with Crippen molar-refractivity contribution in [2.45, 2.75) is 65.2 Å². The van der Waals surface area contributed by atoms with E-state index >= 15 is 0 Å². The molecule has 0 radical (unpaired) electrons. The first-order chi connectivity index (χ1) is 13.2. The fourth-order valence-electron chi connectivity index (χ4n) is 3.53. The lowest BCUT2D eigenvalue weighted by Crippen LogP contribution is -1.87. The highest BCUT2D eigenvalue weighted by molar-refractivity contribution is 7.20. The summed E-state index contributed by atoms with van der Waals surface area (Å²) in [6.07, 6.45) is 10.7. The van der Waals surface area contributed by atoms with Gasteiger partial charge < -0.3 is 0 Å². The van der Waals surface area contributed by atoms with Crippen LogP contribution in [0, 0.1) is 0 Å². The Balaban J connectivity index is 1.57. The van der Waals surface area contributed by atoms with Crippen LogP contribution in [0.3, 0.4) is 0 Å². The Hall–Kier alpha value is -1.93. The van der Waals surface area contributed by atoms with Gasteiger partial charge in [0.1, 0.15) is 0 Å². The molecule has 2 aromatic carbocycles. The van der Waals surface area contributed by atoms with Gasteiger partial charge in [-0.3, -0.25) is 4.79 Å². The third-order valence-corrected chi connectivity index (χ3v) is 6.42. The number of rotatable bonds is 10. The third-order valence-electron chi connectivity index (χ3n) is 5.22. The lowest BCUT2D eigenvalue weighted by molar-refractivity contribution is 0.102. The number of thiophene rings is 1. The van der Waals surface area contributed by atoms with Crippen LogP contribution in [0.5, 0.6) is 0 Å². The van der Waals surface area contributed by atoms with Crippen molar-refractivity contribution in [3.05, 3.63) is 59.0 Å². The Morgan fingerprint density at radius 1 is 0.815 bits per heavy atom. The number of aryl methyl sites for hydroxylation is 1. The maximum atomic E-state index is 11.6. The number of hydrogen-bond acceptors (Lipinski definition) is 2. The lowest BCUT2D eigenvalue weighted by Gasteiger charge is -2.05. The second-order valence-electron chi connectivity index (χ2n) is 7.49. The van der Waals surface area contributed by atoms with Crippen molar-refractivity contribution in [3.8, 4) is 11.1 Å². The summed E-state index contributed by atoms with van der Waals surface area (Å²) < 4.78 is 1.19. The maximum absolute atomic E-state index is 11.6. The number of carbonyl (C=O) groups is 1. The molecule has 2 heteroatoms. The van der Waals surface area contributed by atoms with E-state index in [0.29, 0.717) is 0 Å². The van der Waals surface area contributed by atoms with Gasteiger partial charge in [-0.05, 0) is 54.0 Å². The van der Waals surface area contributed by atoms with Crippen molar-refractivity contribution < 1.29 is 4.79 Å². The summed E-state index contributed by atoms with van der Waals surface area (Å²) in [7, 11) is 0. The Labute approximate surface area is 167 Å². The molecule has 0 saturated carbocycles. The van der Waals surface area contributed by atoms with Crippen LogP contribution in [0.1, 0.15) is 74.0 Å². The second kappa shape index (κ2) is 9.85. The molecular weight excluding hydrogens is 348 g/mol. The van der Waals surface area contributed by atoms with Crippen LogP contribution in [0.15, 0.2) is 48.5 Å². The van der Waals surface area contributed by atoms with Crippen LogP contribution in [0.2, 0.25) is 0 Å². The highest BCUT2D eigenvalue weighted by Crippen LogP contribution is 2.31. The van der Waals surface area contributed by atoms with Crippen molar-refractivity contribution in [2.75, 3.05) is 0 Å². The number of unbranched alkanes of at least 4 members (excludes halogenated alkanes) is 6. The summed E-state index contributed by atoms with van der Waals surface area (Å²) in [5.74, 6) is 0.146. The van der Waals surface area contributed by atoms with Crippen LogP contribution in [0.4, 0.5) is 0 Å². The predicted molar refractivity (Wildman–Crippen MR) is 119 cm³/mol. The monoisotopic (exact) mass is 378 g/mol. The van der Waals surface area contributed by atoms with Gasteiger partial charge in [0.25, 0.3) is 0 Å². The molecule has 27 heavy (non-hydrogen) atoms. The van der Waals surface area contributed by atoms with Gasteiger partial charge in [-0.2, -0.15) is 0 Å². The van der Waals surface area contributed by atoms with E-state index < -0.39 is 0 Å². The van der Waals surface area contributed by atoms with E-state index in [-0.39, 0.29) is 5.78 Å². The zero-order chi connectivity index (χ0) is 19.1. The molecule has 0 N–H and O–H groups in total. The van der Waals surface area contributed by atoms with Gasteiger partial charge >= 0.3 is 0 Å².